The first-order valence-corrected chi connectivity index (χ1v) is 7.12. The molecule has 0 aliphatic carbocycles. The van der Waals surface area contributed by atoms with Gasteiger partial charge in [0, 0.05) is 24.9 Å². The normalized spacial score (nSPS) is 12.6. The standard InChI is InChI=1S/C15H23N5/c1-4-12-7-6-8-17-15(12)14(18-16)10-13-9-11(3)19-20(13)5-2/h6-9,14,18H,4-5,10,16H2,1-3H3. The number of hydrogen-bond donors (Lipinski definition) is 2. The summed E-state index contributed by atoms with van der Waals surface area (Å²) in [6, 6.07) is 6.20. The van der Waals surface area contributed by atoms with Gasteiger partial charge in [-0.1, -0.05) is 13.0 Å². The molecule has 2 aromatic heterocycles. The zero-order valence-electron chi connectivity index (χ0n) is 12.4. The molecule has 0 aliphatic rings. The Hall–Kier alpha value is -1.72. The van der Waals surface area contributed by atoms with Crippen LogP contribution in [0.1, 0.15) is 42.5 Å². The summed E-state index contributed by atoms with van der Waals surface area (Å²) in [5.41, 5.74) is 7.37. The van der Waals surface area contributed by atoms with Crippen LogP contribution in [0.15, 0.2) is 24.4 Å². The van der Waals surface area contributed by atoms with E-state index in [9.17, 15) is 0 Å². The van der Waals surface area contributed by atoms with Crippen LogP contribution in [0.3, 0.4) is 0 Å². The Kier molecular flexibility index (Phi) is 4.87. The first-order chi connectivity index (χ1) is 9.69. The summed E-state index contributed by atoms with van der Waals surface area (Å²) in [7, 11) is 0. The number of hydrazine groups is 1. The maximum Gasteiger partial charge on any atom is 0.0690 e. The Balaban J connectivity index is 2.28. The minimum Gasteiger partial charge on any atom is -0.271 e. The molecular formula is C15H23N5. The Morgan fingerprint density at radius 3 is 2.85 bits per heavy atom. The molecule has 0 aromatic carbocycles. The van der Waals surface area contributed by atoms with Crippen LogP contribution in [0, 0.1) is 6.92 Å². The molecule has 0 aliphatic heterocycles. The fourth-order valence-electron chi connectivity index (χ4n) is 2.54. The second kappa shape index (κ2) is 6.63. The maximum atomic E-state index is 5.75. The van der Waals surface area contributed by atoms with Crippen LogP contribution in [0.25, 0.3) is 0 Å². The van der Waals surface area contributed by atoms with E-state index in [2.05, 4.69) is 41.5 Å². The third-order valence-electron chi connectivity index (χ3n) is 3.54. The lowest BCUT2D eigenvalue weighted by molar-refractivity contribution is 0.504. The quantitative estimate of drug-likeness (QED) is 0.623. The second-order valence-corrected chi connectivity index (χ2v) is 4.92. The Morgan fingerprint density at radius 1 is 1.40 bits per heavy atom. The first-order valence-electron chi connectivity index (χ1n) is 7.12. The molecule has 20 heavy (non-hydrogen) atoms. The minimum atomic E-state index is 0.00699. The molecule has 2 heterocycles. The highest BCUT2D eigenvalue weighted by Gasteiger charge is 2.17. The Bertz CT molecular complexity index is 561. The van der Waals surface area contributed by atoms with E-state index in [0.717, 1.165) is 30.8 Å². The van der Waals surface area contributed by atoms with Crippen LogP contribution >= 0.6 is 0 Å². The van der Waals surface area contributed by atoms with Gasteiger partial charge in [-0.2, -0.15) is 5.10 Å². The van der Waals surface area contributed by atoms with E-state index in [1.807, 2.05) is 23.9 Å². The molecule has 0 spiro atoms. The van der Waals surface area contributed by atoms with Gasteiger partial charge in [-0.05, 0) is 38.0 Å². The number of aromatic nitrogens is 3. The van der Waals surface area contributed by atoms with E-state index in [-0.39, 0.29) is 6.04 Å². The minimum absolute atomic E-state index is 0.00699. The van der Waals surface area contributed by atoms with Crippen molar-refractivity contribution in [1.29, 1.82) is 0 Å². The summed E-state index contributed by atoms with van der Waals surface area (Å²) in [4.78, 5) is 4.51. The zero-order valence-corrected chi connectivity index (χ0v) is 12.4. The average Bonchev–Trinajstić information content (AvgIpc) is 2.84. The van der Waals surface area contributed by atoms with E-state index < -0.39 is 0 Å². The topological polar surface area (TPSA) is 68.8 Å². The van der Waals surface area contributed by atoms with Crippen LogP contribution in [-0.4, -0.2) is 14.8 Å². The van der Waals surface area contributed by atoms with Crippen molar-refractivity contribution in [2.24, 2.45) is 5.84 Å². The van der Waals surface area contributed by atoms with Gasteiger partial charge in [0.25, 0.3) is 0 Å². The molecule has 0 fully saturated rings. The molecule has 0 bridgehead atoms. The lowest BCUT2D eigenvalue weighted by Crippen LogP contribution is -2.31. The molecular weight excluding hydrogens is 250 g/mol. The molecule has 0 radical (unpaired) electrons. The zero-order chi connectivity index (χ0) is 14.5. The van der Waals surface area contributed by atoms with Gasteiger partial charge in [0.05, 0.1) is 17.4 Å². The average molecular weight is 273 g/mol. The number of nitrogens with one attached hydrogen (secondary N) is 1. The molecule has 5 nitrogen and oxygen atoms in total. The van der Waals surface area contributed by atoms with E-state index >= 15 is 0 Å². The van der Waals surface area contributed by atoms with Crippen molar-refractivity contribution < 1.29 is 0 Å². The Labute approximate surface area is 120 Å². The Morgan fingerprint density at radius 2 is 2.20 bits per heavy atom. The van der Waals surface area contributed by atoms with Gasteiger partial charge in [-0.25, -0.2) is 0 Å². The first kappa shape index (κ1) is 14.7. The maximum absolute atomic E-state index is 5.75. The second-order valence-electron chi connectivity index (χ2n) is 4.92. The van der Waals surface area contributed by atoms with Gasteiger partial charge in [-0.15, -0.1) is 0 Å². The molecule has 2 rings (SSSR count). The smallest absolute Gasteiger partial charge is 0.0690 e. The lowest BCUT2D eigenvalue weighted by Gasteiger charge is -2.18. The van der Waals surface area contributed by atoms with E-state index in [4.69, 9.17) is 5.84 Å². The number of nitrogens with zero attached hydrogens (tertiary/aromatic N) is 3. The van der Waals surface area contributed by atoms with Crippen molar-refractivity contribution in [3.05, 3.63) is 47.0 Å². The molecule has 108 valence electrons. The molecule has 1 atom stereocenters. The van der Waals surface area contributed by atoms with Crippen LogP contribution in [-0.2, 0) is 19.4 Å². The van der Waals surface area contributed by atoms with E-state index in [0.29, 0.717) is 0 Å². The molecule has 2 aromatic rings. The molecule has 0 amide bonds. The van der Waals surface area contributed by atoms with Crippen molar-refractivity contribution in [1.82, 2.24) is 20.2 Å². The summed E-state index contributed by atoms with van der Waals surface area (Å²) in [5.74, 6) is 5.75. The fraction of sp³-hybridized carbons (Fsp3) is 0.467. The monoisotopic (exact) mass is 273 g/mol. The number of rotatable bonds is 6. The number of nitrogens with two attached hydrogens (primary N) is 1. The van der Waals surface area contributed by atoms with Crippen molar-refractivity contribution >= 4 is 0 Å². The van der Waals surface area contributed by atoms with Gasteiger partial charge >= 0.3 is 0 Å². The van der Waals surface area contributed by atoms with Crippen LogP contribution < -0.4 is 11.3 Å². The van der Waals surface area contributed by atoms with Crippen LogP contribution in [0.5, 0.6) is 0 Å². The summed E-state index contributed by atoms with van der Waals surface area (Å²) in [6.45, 7) is 7.11. The highest BCUT2D eigenvalue weighted by Crippen LogP contribution is 2.20. The van der Waals surface area contributed by atoms with E-state index in [1.165, 1.54) is 11.3 Å². The number of hydrogen-bond acceptors (Lipinski definition) is 4. The van der Waals surface area contributed by atoms with Crippen molar-refractivity contribution in [3.8, 4) is 0 Å². The lowest BCUT2D eigenvalue weighted by atomic mass is 10.0. The van der Waals surface area contributed by atoms with Crippen LogP contribution in [0.4, 0.5) is 0 Å². The summed E-state index contributed by atoms with van der Waals surface area (Å²) < 4.78 is 2.02. The third-order valence-corrected chi connectivity index (χ3v) is 3.54. The highest BCUT2D eigenvalue weighted by molar-refractivity contribution is 5.24. The van der Waals surface area contributed by atoms with Gasteiger partial charge in [0.15, 0.2) is 0 Å². The predicted molar refractivity (Wildman–Crippen MR) is 80.0 cm³/mol. The molecule has 1 unspecified atom stereocenters. The van der Waals surface area contributed by atoms with Crippen LogP contribution in [0.2, 0.25) is 0 Å². The molecule has 3 N–H and O–H groups in total. The molecule has 5 heteroatoms. The summed E-state index contributed by atoms with van der Waals surface area (Å²) in [6.07, 6.45) is 3.56. The summed E-state index contributed by atoms with van der Waals surface area (Å²) >= 11 is 0. The van der Waals surface area contributed by atoms with E-state index in [1.54, 1.807) is 0 Å². The molecule has 0 saturated carbocycles. The van der Waals surface area contributed by atoms with Crippen molar-refractivity contribution in [3.63, 3.8) is 0 Å². The fourth-order valence-corrected chi connectivity index (χ4v) is 2.54. The summed E-state index contributed by atoms with van der Waals surface area (Å²) in [5, 5.41) is 4.48. The number of aryl methyl sites for hydroxylation is 3. The van der Waals surface area contributed by atoms with Crippen molar-refractivity contribution in [2.45, 2.75) is 46.2 Å². The third kappa shape index (κ3) is 3.05. The number of pyridine rings is 1. The van der Waals surface area contributed by atoms with Gasteiger partial charge in [0.2, 0.25) is 0 Å². The van der Waals surface area contributed by atoms with Gasteiger partial charge in [-0.3, -0.25) is 20.9 Å². The van der Waals surface area contributed by atoms with Gasteiger partial charge < -0.3 is 0 Å². The van der Waals surface area contributed by atoms with Crippen molar-refractivity contribution in [2.75, 3.05) is 0 Å². The SMILES string of the molecule is CCc1cccnc1C(Cc1cc(C)nn1CC)NN. The predicted octanol–water partition coefficient (Wildman–Crippen LogP) is 1.92. The largest absolute Gasteiger partial charge is 0.271 e. The highest BCUT2D eigenvalue weighted by atomic mass is 15.3. The molecule has 0 saturated heterocycles. The van der Waals surface area contributed by atoms with Gasteiger partial charge in [0.1, 0.15) is 0 Å².